The van der Waals surface area contributed by atoms with E-state index in [1.54, 1.807) is 4.90 Å². The van der Waals surface area contributed by atoms with Crippen LogP contribution in [0.25, 0.3) is 11.0 Å². The number of anilines is 1. The average Bonchev–Trinajstić information content (AvgIpc) is 3.48. The van der Waals surface area contributed by atoms with E-state index in [4.69, 9.17) is 11.6 Å². The number of hydrogen-bond acceptors (Lipinski definition) is 6. The van der Waals surface area contributed by atoms with Crippen LogP contribution in [0, 0.1) is 6.92 Å². The Bertz CT molecular complexity index is 1270. The Hall–Kier alpha value is -2.65. The molecule has 156 valence electrons. The van der Waals surface area contributed by atoms with Crippen molar-refractivity contribution >= 4 is 45.8 Å². The summed E-state index contributed by atoms with van der Waals surface area (Å²) in [4.78, 5) is 45.1. The largest absolute Gasteiger partial charge is 0.368 e. The molecule has 3 aromatic rings. The fourth-order valence-corrected chi connectivity index (χ4v) is 4.92. The third-order valence-electron chi connectivity index (χ3n) is 5.75. The van der Waals surface area contributed by atoms with Gasteiger partial charge in [0.25, 0.3) is 11.5 Å². The second kappa shape index (κ2) is 7.24. The van der Waals surface area contributed by atoms with Crippen LogP contribution in [0.2, 0.25) is 5.02 Å². The predicted molar refractivity (Wildman–Crippen MR) is 117 cm³/mol. The first kappa shape index (κ1) is 19.3. The van der Waals surface area contributed by atoms with Crippen molar-refractivity contribution in [2.75, 3.05) is 31.1 Å². The maximum Gasteiger partial charge on any atom is 0.329 e. The number of piperazine rings is 1. The lowest BCUT2D eigenvalue weighted by Gasteiger charge is -2.36. The third-order valence-corrected chi connectivity index (χ3v) is 6.82. The molecule has 1 aliphatic carbocycles. The van der Waals surface area contributed by atoms with E-state index >= 15 is 0 Å². The fourth-order valence-electron chi connectivity index (χ4n) is 3.95. The van der Waals surface area contributed by atoms with Gasteiger partial charge in [0, 0.05) is 42.9 Å². The minimum atomic E-state index is -0.467. The van der Waals surface area contributed by atoms with Crippen molar-refractivity contribution in [3.8, 4) is 0 Å². The predicted octanol–water partition coefficient (Wildman–Crippen LogP) is 2.41. The molecule has 5 rings (SSSR count). The topological polar surface area (TPSA) is 91.3 Å². The van der Waals surface area contributed by atoms with Gasteiger partial charge in [-0.3, -0.25) is 14.2 Å². The lowest BCUT2D eigenvalue weighted by molar-refractivity contribution is 0.0753. The van der Waals surface area contributed by atoms with Crippen LogP contribution in [0.1, 0.15) is 34.1 Å². The first-order valence-electron chi connectivity index (χ1n) is 9.88. The van der Waals surface area contributed by atoms with Crippen LogP contribution >= 0.6 is 23.1 Å². The standard InChI is InChI=1S/C20H20ClN5O3S/c1-11-2-3-12(21)10-14(11)24-6-8-25(9-7-24)19(28)17-15-16(23-30-17)18(27)26(13-4-5-13)20(29)22-15/h2-3,10,13H,4-9H2,1H3,(H,22,29). The van der Waals surface area contributed by atoms with Gasteiger partial charge < -0.3 is 14.8 Å². The molecule has 8 nitrogen and oxygen atoms in total. The zero-order valence-corrected chi connectivity index (χ0v) is 17.9. The number of benzene rings is 1. The molecule has 0 bridgehead atoms. The normalized spacial score (nSPS) is 17.0. The number of halogens is 1. The highest BCUT2D eigenvalue weighted by atomic mass is 35.5. The minimum absolute atomic E-state index is 0.0467. The summed E-state index contributed by atoms with van der Waals surface area (Å²) in [5, 5.41) is 0.686. The van der Waals surface area contributed by atoms with Gasteiger partial charge in [-0.15, -0.1) is 0 Å². The Morgan fingerprint density at radius 2 is 1.93 bits per heavy atom. The molecule has 30 heavy (non-hydrogen) atoms. The number of nitrogens with zero attached hydrogens (tertiary/aromatic N) is 4. The van der Waals surface area contributed by atoms with Crippen molar-refractivity contribution in [1.29, 1.82) is 0 Å². The molecule has 0 spiro atoms. The van der Waals surface area contributed by atoms with Crippen molar-refractivity contribution in [2.24, 2.45) is 0 Å². The highest BCUT2D eigenvalue weighted by Gasteiger charge is 2.31. The Labute approximate surface area is 180 Å². The van der Waals surface area contributed by atoms with Gasteiger partial charge in [0.05, 0.1) is 5.52 Å². The molecular weight excluding hydrogens is 426 g/mol. The Balaban J connectivity index is 1.38. The van der Waals surface area contributed by atoms with Crippen LogP contribution in [0.5, 0.6) is 0 Å². The lowest BCUT2D eigenvalue weighted by atomic mass is 10.1. The second-order valence-electron chi connectivity index (χ2n) is 7.78. The van der Waals surface area contributed by atoms with Crippen LogP contribution < -0.4 is 16.1 Å². The molecule has 2 aliphatic rings. The zero-order chi connectivity index (χ0) is 21.0. The van der Waals surface area contributed by atoms with E-state index in [1.807, 2.05) is 25.1 Å². The summed E-state index contributed by atoms with van der Waals surface area (Å²) in [6.45, 7) is 4.46. The SMILES string of the molecule is Cc1ccc(Cl)cc1N1CCN(C(=O)c2snc3c(=O)n(C4CC4)c(=O)[nH]c23)CC1. The van der Waals surface area contributed by atoms with Crippen LogP contribution in [0.3, 0.4) is 0 Å². The highest BCUT2D eigenvalue weighted by Crippen LogP contribution is 2.32. The average molecular weight is 446 g/mol. The van der Waals surface area contributed by atoms with Gasteiger partial charge in [0.1, 0.15) is 4.88 Å². The van der Waals surface area contributed by atoms with Gasteiger partial charge in [-0.1, -0.05) is 17.7 Å². The quantitative estimate of drug-likeness (QED) is 0.668. The molecule has 3 heterocycles. The van der Waals surface area contributed by atoms with Gasteiger partial charge in [0.15, 0.2) is 5.52 Å². The van der Waals surface area contributed by atoms with Crippen LogP contribution in [0.4, 0.5) is 5.69 Å². The number of carbonyl (C=O) groups is 1. The number of rotatable bonds is 3. The van der Waals surface area contributed by atoms with Crippen molar-refractivity contribution in [3.63, 3.8) is 0 Å². The number of aromatic nitrogens is 3. The van der Waals surface area contributed by atoms with Gasteiger partial charge in [0.2, 0.25) is 0 Å². The molecule has 0 unspecified atom stereocenters. The van der Waals surface area contributed by atoms with Crippen molar-refractivity contribution in [1.82, 2.24) is 18.8 Å². The summed E-state index contributed by atoms with van der Waals surface area (Å²) in [6, 6.07) is 5.76. The van der Waals surface area contributed by atoms with E-state index in [1.165, 1.54) is 4.57 Å². The van der Waals surface area contributed by atoms with E-state index in [9.17, 15) is 14.4 Å². The molecule has 1 aliphatic heterocycles. The first-order chi connectivity index (χ1) is 14.4. The number of H-pyrrole nitrogens is 1. The number of nitrogens with one attached hydrogen (secondary N) is 1. The molecule has 2 fully saturated rings. The number of hydrogen-bond donors (Lipinski definition) is 1. The maximum atomic E-state index is 13.1. The van der Waals surface area contributed by atoms with Crippen molar-refractivity contribution in [3.05, 3.63) is 54.5 Å². The zero-order valence-electron chi connectivity index (χ0n) is 16.4. The van der Waals surface area contributed by atoms with Gasteiger partial charge in [-0.25, -0.2) is 4.79 Å². The second-order valence-corrected chi connectivity index (χ2v) is 8.99. The molecule has 1 saturated heterocycles. The minimum Gasteiger partial charge on any atom is -0.368 e. The molecule has 0 atom stereocenters. The smallest absolute Gasteiger partial charge is 0.329 e. The summed E-state index contributed by atoms with van der Waals surface area (Å²) < 4.78 is 5.42. The van der Waals surface area contributed by atoms with E-state index in [0.717, 1.165) is 35.6 Å². The van der Waals surface area contributed by atoms with Gasteiger partial charge in [-0.05, 0) is 49.0 Å². The van der Waals surface area contributed by atoms with E-state index < -0.39 is 11.2 Å². The van der Waals surface area contributed by atoms with E-state index in [0.29, 0.717) is 36.1 Å². The van der Waals surface area contributed by atoms with Gasteiger partial charge in [-0.2, -0.15) is 4.37 Å². The Kier molecular flexibility index (Phi) is 4.67. The number of aryl methyl sites for hydroxylation is 1. The van der Waals surface area contributed by atoms with Crippen LogP contribution in [0.15, 0.2) is 27.8 Å². The molecule has 1 amide bonds. The fraction of sp³-hybridized carbons (Fsp3) is 0.400. The number of fused-ring (bicyclic) bond motifs is 1. The summed E-state index contributed by atoms with van der Waals surface area (Å²) in [6.07, 6.45) is 1.64. The number of amides is 1. The summed E-state index contributed by atoms with van der Waals surface area (Å²) >= 11 is 7.12. The lowest BCUT2D eigenvalue weighted by Crippen LogP contribution is -2.49. The van der Waals surface area contributed by atoms with E-state index in [-0.39, 0.29) is 23.0 Å². The van der Waals surface area contributed by atoms with Crippen LogP contribution in [-0.2, 0) is 0 Å². The third kappa shape index (κ3) is 3.22. The van der Waals surface area contributed by atoms with E-state index in [2.05, 4.69) is 14.3 Å². The Morgan fingerprint density at radius 1 is 1.20 bits per heavy atom. The summed E-state index contributed by atoms with van der Waals surface area (Å²) in [7, 11) is 0. The summed E-state index contributed by atoms with van der Waals surface area (Å²) in [5.74, 6) is -0.204. The molecule has 1 N–H and O–H groups in total. The molecular formula is C20H20ClN5O3S. The van der Waals surface area contributed by atoms with Crippen molar-refractivity contribution in [2.45, 2.75) is 25.8 Å². The molecule has 10 heteroatoms. The number of carbonyl (C=O) groups excluding carboxylic acids is 1. The number of aromatic amines is 1. The van der Waals surface area contributed by atoms with Crippen LogP contribution in [-0.4, -0.2) is 50.9 Å². The molecule has 2 aromatic heterocycles. The highest BCUT2D eigenvalue weighted by molar-refractivity contribution is 7.09. The van der Waals surface area contributed by atoms with Gasteiger partial charge >= 0.3 is 5.69 Å². The van der Waals surface area contributed by atoms with Crippen molar-refractivity contribution < 1.29 is 4.79 Å². The maximum absolute atomic E-state index is 13.1. The first-order valence-corrected chi connectivity index (χ1v) is 11.0. The molecule has 0 radical (unpaired) electrons. The molecule has 1 aromatic carbocycles. The monoisotopic (exact) mass is 445 g/mol. The Morgan fingerprint density at radius 3 is 2.63 bits per heavy atom. The summed E-state index contributed by atoms with van der Waals surface area (Å²) in [5.41, 5.74) is 1.76. The molecule has 1 saturated carbocycles.